The van der Waals surface area contributed by atoms with E-state index in [-0.39, 0.29) is 5.54 Å². The van der Waals surface area contributed by atoms with Crippen molar-refractivity contribution in [3.8, 4) is 12.3 Å². The van der Waals surface area contributed by atoms with Crippen LogP contribution in [0.15, 0.2) is 17.5 Å². The summed E-state index contributed by atoms with van der Waals surface area (Å²) in [6.45, 7) is 6.15. The van der Waals surface area contributed by atoms with Gasteiger partial charge in [-0.2, -0.15) is 0 Å². The van der Waals surface area contributed by atoms with E-state index >= 15 is 0 Å². The molecular weight excluding hydrogens is 178 g/mol. The van der Waals surface area contributed by atoms with Crippen LogP contribution in [0.25, 0.3) is 0 Å². The van der Waals surface area contributed by atoms with Crippen molar-refractivity contribution in [3.63, 3.8) is 0 Å². The molecular formula is C11H15NS. The van der Waals surface area contributed by atoms with Crippen molar-refractivity contribution < 1.29 is 0 Å². The van der Waals surface area contributed by atoms with E-state index in [1.807, 2.05) is 13.8 Å². The maximum atomic E-state index is 5.40. The molecule has 0 aromatic carbocycles. The van der Waals surface area contributed by atoms with Crippen molar-refractivity contribution in [2.45, 2.75) is 32.4 Å². The van der Waals surface area contributed by atoms with Crippen LogP contribution >= 0.6 is 11.3 Å². The van der Waals surface area contributed by atoms with Crippen LogP contribution in [0.5, 0.6) is 0 Å². The maximum absolute atomic E-state index is 5.40. The lowest BCUT2D eigenvalue weighted by molar-refractivity contribution is 0.435. The molecule has 1 nitrogen and oxygen atoms in total. The van der Waals surface area contributed by atoms with E-state index in [0.29, 0.717) is 6.04 Å². The van der Waals surface area contributed by atoms with Gasteiger partial charge in [0.2, 0.25) is 0 Å². The fourth-order valence-corrected chi connectivity index (χ4v) is 1.93. The summed E-state index contributed by atoms with van der Waals surface area (Å²) in [5.74, 6) is 2.73. The Morgan fingerprint density at radius 1 is 1.62 bits per heavy atom. The predicted molar refractivity (Wildman–Crippen MR) is 58.8 cm³/mol. The smallest absolute Gasteiger partial charge is 0.0746 e. The first kappa shape index (κ1) is 10.3. The van der Waals surface area contributed by atoms with Gasteiger partial charge in [0.15, 0.2) is 0 Å². The Kier molecular flexibility index (Phi) is 3.13. The molecule has 0 spiro atoms. The summed E-state index contributed by atoms with van der Waals surface area (Å²) in [5.41, 5.74) is -0.233. The Hall–Kier alpha value is -0.780. The zero-order chi connectivity index (χ0) is 9.90. The average Bonchev–Trinajstić information content (AvgIpc) is 2.55. The molecule has 1 heterocycles. The van der Waals surface area contributed by atoms with Gasteiger partial charge in [0.05, 0.1) is 5.54 Å². The second kappa shape index (κ2) is 3.95. The number of rotatable bonds is 3. The van der Waals surface area contributed by atoms with Crippen LogP contribution in [0.4, 0.5) is 0 Å². The second-order valence-corrected chi connectivity index (χ2v) is 4.63. The highest BCUT2D eigenvalue weighted by Crippen LogP contribution is 2.20. The van der Waals surface area contributed by atoms with E-state index in [2.05, 4.69) is 35.7 Å². The Morgan fingerprint density at radius 2 is 2.31 bits per heavy atom. The summed E-state index contributed by atoms with van der Waals surface area (Å²) in [5, 5.41) is 5.46. The van der Waals surface area contributed by atoms with E-state index in [9.17, 15) is 0 Å². The summed E-state index contributed by atoms with van der Waals surface area (Å²) in [4.78, 5) is 1.32. The number of hydrogen-bond donors (Lipinski definition) is 1. The molecule has 0 saturated carbocycles. The van der Waals surface area contributed by atoms with Gasteiger partial charge in [-0.1, -0.05) is 12.0 Å². The molecule has 70 valence electrons. The summed E-state index contributed by atoms with van der Waals surface area (Å²) < 4.78 is 0. The van der Waals surface area contributed by atoms with E-state index in [0.717, 1.165) is 0 Å². The van der Waals surface area contributed by atoms with Gasteiger partial charge in [-0.25, -0.2) is 0 Å². The average molecular weight is 193 g/mol. The van der Waals surface area contributed by atoms with Crippen LogP contribution in [-0.4, -0.2) is 5.54 Å². The lowest BCUT2D eigenvalue weighted by atomic mass is 10.1. The van der Waals surface area contributed by atoms with Gasteiger partial charge in [0.25, 0.3) is 0 Å². The van der Waals surface area contributed by atoms with Crippen molar-refractivity contribution in [3.05, 3.63) is 22.4 Å². The fraction of sp³-hybridized carbons (Fsp3) is 0.455. The lowest BCUT2D eigenvalue weighted by Crippen LogP contribution is -2.39. The van der Waals surface area contributed by atoms with Crippen LogP contribution in [0, 0.1) is 12.3 Å². The number of thiophene rings is 1. The van der Waals surface area contributed by atoms with Crippen molar-refractivity contribution in [2.75, 3.05) is 0 Å². The minimum absolute atomic E-state index is 0.233. The van der Waals surface area contributed by atoms with Crippen molar-refractivity contribution in [2.24, 2.45) is 0 Å². The second-order valence-electron chi connectivity index (χ2n) is 3.65. The monoisotopic (exact) mass is 193 g/mol. The first-order valence-electron chi connectivity index (χ1n) is 4.34. The molecule has 1 atom stereocenters. The molecule has 1 rings (SSSR count). The minimum Gasteiger partial charge on any atom is -0.294 e. The lowest BCUT2D eigenvalue weighted by Gasteiger charge is -2.24. The van der Waals surface area contributed by atoms with E-state index in [1.165, 1.54) is 4.88 Å². The fourth-order valence-electron chi connectivity index (χ4n) is 1.19. The van der Waals surface area contributed by atoms with Crippen molar-refractivity contribution in [1.29, 1.82) is 0 Å². The van der Waals surface area contributed by atoms with Gasteiger partial charge in [-0.05, 0) is 32.2 Å². The first-order chi connectivity index (χ1) is 6.05. The molecule has 2 heteroatoms. The Balaban J connectivity index is 2.62. The van der Waals surface area contributed by atoms with Crippen LogP contribution in [0.3, 0.4) is 0 Å². The molecule has 0 amide bonds. The van der Waals surface area contributed by atoms with Crippen LogP contribution in [-0.2, 0) is 0 Å². The highest BCUT2D eigenvalue weighted by molar-refractivity contribution is 7.10. The topological polar surface area (TPSA) is 12.0 Å². The molecule has 13 heavy (non-hydrogen) atoms. The van der Waals surface area contributed by atoms with Gasteiger partial charge < -0.3 is 0 Å². The van der Waals surface area contributed by atoms with E-state index in [4.69, 9.17) is 6.42 Å². The van der Waals surface area contributed by atoms with Gasteiger partial charge in [0, 0.05) is 10.9 Å². The number of hydrogen-bond acceptors (Lipinski definition) is 2. The maximum Gasteiger partial charge on any atom is 0.0746 e. The van der Waals surface area contributed by atoms with Gasteiger partial charge in [0.1, 0.15) is 0 Å². The molecule has 1 unspecified atom stereocenters. The minimum atomic E-state index is -0.233. The molecule has 0 fully saturated rings. The molecule has 0 radical (unpaired) electrons. The summed E-state index contributed by atoms with van der Waals surface area (Å²) in [6, 6.07) is 4.50. The first-order valence-corrected chi connectivity index (χ1v) is 5.22. The van der Waals surface area contributed by atoms with Crippen molar-refractivity contribution in [1.82, 2.24) is 5.32 Å². The summed E-state index contributed by atoms with van der Waals surface area (Å²) in [7, 11) is 0. The van der Waals surface area contributed by atoms with Gasteiger partial charge >= 0.3 is 0 Å². The van der Waals surface area contributed by atoms with E-state index < -0.39 is 0 Å². The quantitative estimate of drug-likeness (QED) is 0.728. The molecule has 0 aliphatic rings. The van der Waals surface area contributed by atoms with E-state index in [1.54, 1.807) is 11.3 Å². The summed E-state index contributed by atoms with van der Waals surface area (Å²) >= 11 is 1.75. The predicted octanol–water partition coefficient (Wildman–Crippen LogP) is 2.81. The third-order valence-corrected chi connectivity index (χ3v) is 2.96. The molecule has 1 aromatic rings. The molecule has 0 aliphatic carbocycles. The Morgan fingerprint density at radius 3 is 2.77 bits per heavy atom. The Labute approximate surface area is 84.2 Å². The number of terminal acetylenes is 1. The number of nitrogens with one attached hydrogen (secondary N) is 1. The largest absolute Gasteiger partial charge is 0.294 e. The van der Waals surface area contributed by atoms with Crippen LogP contribution in [0.1, 0.15) is 31.7 Å². The molecule has 0 bridgehead atoms. The van der Waals surface area contributed by atoms with Crippen molar-refractivity contribution >= 4 is 11.3 Å². The van der Waals surface area contributed by atoms with Gasteiger partial charge in [-0.3, -0.25) is 5.32 Å². The third-order valence-electron chi connectivity index (χ3n) is 1.91. The molecule has 1 N–H and O–H groups in total. The molecule has 1 aromatic heterocycles. The SMILES string of the molecule is C#CC(C)(C)NC(C)c1cccs1. The normalized spacial score (nSPS) is 13.7. The highest BCUT2D eigenvalue weighted by atomic mass is 32.1. The standard InChI is InChI=1S/C11H15NS/c1-5-11(3,4)12-9(2)10-7-6-8-13-10/h1,6-9,12H,2-4H3. The Bertz CT molecular complexity index is 292. The highest BCUT2D eigenvalue weighted by Gasteiger charge is 2.17. The van der Waals surface area contributed by atoms with Gasteiger partial charge in [-0.15, -0.1) is 17.8 Å². The van der Waals surface area contributed by atoms with Crippen LogP contribution < -0.4 is 5.32 Å². The molecule has 0 saturated heterocycles. The zero-order valence-electron chi connectivity index (χ0n) is 8.29. The third kappa shape index (κ3) is 2.87. The zero-order valence-corrected chi connectivity index (χ0v) is 9.11. The summed E-state index contributed by atoms with van der Waals surface area (Å²) in [6.07, 6.45) is 5.40. The van der Waals surface area contributed by atoms with Crippen LogP contribution in [0.2, 0.25) is 0 Å². The molecule has 0 aliphatic heterocycles.